The van der Waals surface area contributed by atoms with Gasteiger partial charge in [-0.25, -0.2) is 0 Å². The molecule has 19 heavy (non-hydrogen) atoms. The van der Waals surface area contributed by atoms with Crippen molar-refractivity contribution in [1.29, 1.82) is 0 Å². The molecule has 2 rings (SSSR count). The van der Waals surface area contributed by atoms with E-state index in [1.807, 2.05) is 12.1 Å². The lowest BCUT2D eigenvalue weighted by molar-refractivity contribution is 0.164. The van der Waals surface area contributed by atoms with E-state index in [0.29, 0.717) is 0 Å². The third-order valence-electron chi connectivity index (χ3n) is 3.76. The van der Waals surface area contributed by atoms with Crippen LogP contribution in [-0.2, 0) is 6.54 Å². The summed E-state index contributed by atoms with van der Waals surface area (Å²) in [6, 6.07) is 6.25. The highest BCUT2D eigenvalue weighted by molar-refractivity contribution is 9.10. The molecule has 1 aromatic carbocycles. The zero-order valence-corrected chi connectivity index (χ0v) is 14.5. The van der Waals surface area contributed by atoms with E-state index in [0.717, 1.165) is 28.0 Å². The third kappa shape index (κ3) is 4.47. The Morgan fingerprint density at radius 1 is 1.42 bits per heavy atom. The van der Waals surface area contributed by atoms with Gasteiger partial charge in [-0.05, 0) is 49.9 Å². The first-order chi connectivity index (χ1) is 9.22. The first-order valence-electron chi connectivity index (χ1n) is 6.83. The van der Waals surface area contributed by atoms with Crippen LogP contribution >= 0.6 is 31.9 Å². The molecule has 0 N–H and O–H groups in total. The van der Waals surface area contributed by atoms with Gasteiger partial charge in [-0.1, -0.05) is 31.9 Å². The van der Waals surface area contributed by atoms with Gasteiger partial charge in [0.05, 0.1) is 7.11 Å². The maximum atomic E-state index is 5.46. The van der Waals surface area contributed by atoms with Crippen LogP contribution in [0.5, 0.6) is 5.75 Å². The molecule has 0 amide bonds. The van der Waals surface area contributed by atoms with Gasteiger partial charge in [0.25, 0.3) is 0 Å². The number of methoxy groups -OCH3 is 1. The number of ether oxygens (including phenoxy) is 1. The Hall–Kier alpha value is -0.0600. The van der Waals surface area contributed by atoms with Gasteiger partial charge in [0, 0.05) is 28.5 Å². The number of benzene rings is 1. The summed E-state index contributed by atoms with van der Waals surface area (Å²) in [5, 5.41) is 1.12. The summed E-state index contributed by atoms with van der Waals surface area (Å²) in [5.74, 6) is 1.83. The molecule has 2 nitrogen and oxygen atoms in total. The van der Waals surface area contributed by atoms with Crippen LogP contribution in [0.3, 0.4) is 0 Å². The summed E-state index contributed by atoms with van der Waals surface area (Å²) in [5.41, 5.74) is 1.27. The lowest BCUT2D eigenvalue weighted by atomic mass is 9.95. The maximum absolute atomic E-state index is 5.46. The molecule has 0 saturated carbocycles. The molecule has 4 heteroatoms. The van der Waals surface area contributed by atoms with Crippen molar-refractivity contribution in [2.45, 2.75) is 25.8 Å². The van der Waals surface area contributed by atoms with E-state index in [9.17, 15) is 0 Å². The second-order valence-corrected chi connectivity index (χ2v) is 6.89. The van der Waals surface area contributed by atoms with Crippen LogP contribution < -0.4 is 4.74 Å². The van der Waals surface area contributed by atoms with E-state index < -0.39 is 0 Å². The molecule has 1 aliphatic rings. The number of rotatable bonds is 5. The van der Waals surface area contributed by atoms with Crippen molar-refractivity contribution >= 4 is 31.9 Å². The summed E-state index contributed by atoms with van der Waals surface area (Å²) >= 11 is 7.11. The zero-order valence-electron chi connectivity index (χ0n) is 11.4. The second-order valence-electron chi connectivity index (χ2n) is 5.18. The van der Waals surface area contributed by atoms with Crippen molar-refractivity contribution in [1.82, 2.24) is 4.90 Å². The molecule has 1 atom stereocenters. The standard InChI is InChI=1S/C15H21Br2NO/c1-19-15-5-4-14(17)9-13(15)11-18-8-2-3-12(10-18)6-7-16/h4-5,9,12H,2-3,6-8,10-11H2,1H3. The summed E-state index contributed by atoms with van der Waals surface area (Å²) < 4.78 is 6.58. The number of nitrogens with zero attached hydrogens (tertiary/aromatic N) is 1. The van der Waals surface area contributed by atoms with Crippen LogP contribution in [0.4, 0.5) is 0 Å². The zero-order chi connectivity index (χ0) is 13.7. The Morgan fingerprint density at radius 3 is 3.00 bits per heavy atom. The van der Waals surface area contributed by atoms with Crippen molar-refractivity contribution in [3.8, 4) is 5.75 Å². The van der Waals surface area contributed by atoms with E-state index in [2.05, 4.69) is 42.8 Å². The Morgan fingerprint density at radius 2 is 2.26 bits per heavy atom. The number of hydrogen-bond donors (Lipinski definition) is 0. The molecule has 1 fully saturated rings. The molecule has 0 radical (unpaired) electrons. The lowest BCUT2D eigenvalue weighted by Gasteiger charge is -2.32. The summed E-state index contributed by atoms with van der Waals surface area (Å²) in [6.07, 6.45) is 3.97. The van der Waals surface area contributed by atoms with Crippen molar-refractivity contribution in [2.75, 3.05) is 25.5 Å². The van der Waals surface area contributed by atoms with Gasteiger partial charge in [0.15, 0.2) is 0 Å². The van der Waals surface area contributed by atoms with E-state index in [-0.39, 0.29) is 0 Å². The number of likely N-dealkylation sites (tertiary alicyclic amines) is 1. The van der Waals surface area contributed by atoms with E-state index in [4.69, 9.17) is 4.74 Å². The SMILES string of the molecule is COc1ccc(Br)cc1CN1CCCC(CCBr)C1. The molecular weight excluding hydrogens is 370 g/mol. The first-order valence-corrected chi connectivity index (χ1v) is 8.75. The molecule has 1 aliphatic heterocycles. The Balaban J connectivity index is 2.01. The van der Waals surface area contributed by atoms with Crippen LogP contribution in [0.2, 0.25) is 0 Å². The molecule has 0 aliphatic carbocycles. The van der Waals surface area contributed by atoms with Crippen LogP contribution in [0.25, 0.3) is 0 Å². The van der Waals surface area contributed by atoms with Crippen molar-refractivity contribution < 1.29 is 4.74 Å². The molecule has 1 saturated heterocycles. The number of piperidine rings is 1. The highest BCUT2D eigenvalue weighted by Gasteiger charge is 2.20. The molecule has 1 heterocycles. The van der Waals surface area contributed by atoms with Gasteiger partial charge in [-0.15, -0.1) is 0 Å². The van der Waals surface area contributed by atoms with Gasteiger partial charge in [-0.3, -0.25) is 4.90 Å². The number of hydrogen-bond acceptors (Lipinski definition) is 2. The second kappa shape index (κ2) is 7.65. The van der Waals surface area contributed by atoms with Gasteiger partial charge >= 0.3 is 0 Å². The first kappa shape index (κ1) is 15.3. The van der Waals surface area contributed by atoms with Gasteiger partial charge < -0.3 is 4.74 Å². The van der Waals surface area contributed by atoms with Gasteiger partial charge in [0.2, 0.25) is 0 Å². The third-order valence-corrected chi connectivity index (χ3v) is 4.71. The van der Waals surface area contributed by atoms with Crippen LogP contribution in [0, 0.1) is 5.92 Å². The molecule has 1 aromatic rings. The Labute approximate surface area is 132 Å². The minimum absolute atomic E-state index is 0.839. The highest BCUT2D eigenvalue weighted by Crippen LogP contribution is 2.27. The summed E-state index contributed by atoms with van der Waals surface area (Å²) in [6.45, 7) is 3.40. The molecule has 0 bridgehead atoms. The fourth-order valence-electron chi connectivity index (χ4n) is 2.80. The lowest BCUT2D eigenvalue weighted by Crippen LogP contribution is -2.35. The largest absolute Gasteiger partial charge is 0.496 e. The minimum Gasteiger partial charge on any atom is -0.496 e. The quantitative estimate of drug-likeness (QED) is 0.688. The van der Waals surface area contributed by atoms with Crippen molar-refractivity contribution in [2.24, 2.45) is 5.92 Å². The predicted octanol–water partition coefficient (Wildman–Crippen LogP) is 4.45. The average molecular weight is 391 g/mol. The van der Waals surface area contributed by atoms with E-state index in [1.165, 1.54) is 37.9 Å². The molecule has 0 spiro atoms. The topological polar surface area (TPSA) is 12.5 Å². The number of alkyl halides is 1. The van der Waals surface area contributed by atoms with Gasteiger partial charge in [0.1, 0.15) is 5.75 Å². The van der Waals surface area contributed by atoms with Crippen LogP contribution in [0.15, 0.2) is 22.7 Å². The normalized spacial score (nSPS) is 20.5. The molecule has 106 valence electrons. The van der Waals surface area contributed by atoms with Crippen molar-refractivity contribution in [3.05, 3.63) is 28.2 Å². The van der Waals surface area contributed by atoms with Crippen molar-refractivity contribution in [3.63, 3.8) is 0 Å². The molecule has 1 unspecified atom stereocenters. The highest BCUT2D eigenvalue weighted by atomic mass is 79.9. The van der Waals surface area contributed by atoms with E-state index >= 15 is 0 Å². The van der Waals surface area contributed by atoms with Crippen LogP contribution in [0.1, 0.15) is 24.8 Å². The number of halogens is 2. The Bertz CT molecular complexity index is 409. The molecule has 0 aromatic heterocycles. The fourth-order valence-corrected chi connectivity index (χ4v) is 3.85. The van der Waals surface area contributed by atoms with Crippen LogP contribution in [-0.4, -0.2) is 30.4 Å². The smallest absolute Gasteiger partial charge is 0.123 e. The van der Waals surface area contributed by atoms with Gasteiger partial charge in [-0.2, -0.15) is 0 Å². The summed E-state index contributed by atoms with van der Waals surface area (Å²) in [7, 11) is 1.75. The van der Waals surface area contributed by atoms with E-state index in [1.54, 1.807) is 7.11 Å². The average Bonchev–Trinajstić information content (AvgIpc) is 2.40. The minimum atomic E-state index is 0.839. The predicted molar refractivity (Wildman–Crippen MR) is 87.1 cm³/mol. The Kier molecular flexibility index (Phi) is 6.17. The fraction of sp³-hybridized carbons (Fsp3) is 0.600. The molecular formula is C15H21Br2NO. The maximum Gasteiger partial charge on any atom is 0.123 e. The monoisotopic (exact) mass is 389 g/mol. The summed E-state index contributed by atoms with van der Waals surface area (Å²) in [4.78, 5) is 2.56.